The number of carboxylic acid groups (broad SMARTS) is 1. The van der Waals surface area contributed by atoms with Gasteiger partial charge in [0, 0.05) is 22.8 Å². The summed E-state index contributed by atoms with van der Waals surface area (Å²) in [5, 5.41) is 18.5. The summed E-state index contributed by atoms with van der Waals surface area (Å²) in [6, 6.07) is 2.51. The first-order chi connectivity index (χ1) is 16.9. The summed E-state index contributed by atoms with van der Waals surface area (Å²) in [7, 11) is 1.24. The van der Waals surface area contributed by atoms with Crippen molar-refractivity contribution in [2.75, 3.05) is 18.6 Å². The molecular formula is C21H18N6O7S. The molecule has 180 valence electrons. The first kappa shape index (κ1) is 22.5. The Bertz CT molecular complexity index is 1410. The first-order valence-electron chi connectivity index (χ1n) is 10.2. The second-order valence-electron chi connectivity index (χ2n) is 7.65. The van der Waals surface area contributed by atoms with Gasteiger partial charge in [-0.15, -0.1) is 11.8 Å². The van der Waals surface area contributed by atoms with Crippen LogP contribution in [0.2, 0.25) is 0 Å². The molecule has 3 aromatic rings. The van der Waals surface area contributed by atoms with Crippen LogP contribution in [0.15, 0.2) is 62.3 Å². The van der Waals surface area contributed by atoms with Crippen LogP contribution in [-0.4, -0.2) is 57.7 Å². The number of pyridine rings is 1. The molecule has 1 saturated heterocycles. The monoisotopic (exact) mass is 498 g/mol. The Labute approximate surface area is 201 Å². The number of carbonyl (C=O) groups is 3. The summed E-state index contributed by atoms with van der Waals surface area (Å²) >= 11 is 1.32. The number of nitrogen functional groups attached to an aromatic ring is 1. The van der Waals surface area contributed by atoms with E-state index in [0.717, 1.165) is 16.5 Å². The number of oxime groups is 1. The third kappa shape index (κ3) is 3.97. The Morgan fingerprint density at radius 2 is 2.26 bits per heavy atom. The van der Waals surface area contributed by atoms with Crippen molar-refractivity contribution in [1.82, 2.24) is 15.2 Å². The fourth-order valence-corrected chi connectivity index (χ4v) is 5.29. The van der Waals surface area contributed by atoms with Crippen LogP contribution in [0.3, 0.4) is 0 Å². The van der Waals surface area contributed by atoms with Crippen LogP contribution in [0.1, 0.15) is 5.69 Å². The predicted octanol–water partition coefficient (Wildman–Crippen LogP) is -1.25. The average Bonchev–Trinajstić information content (AvgIpc) is 3.48. The van der Waals surface area contributed by atoms with Crippen molar-refractivity contribution in [3.8, 4) is 0 Å². The zero-order valence-electron chi connectivity index (χ0n) is 18.2. The van der Waals surface area contributed by atoms with Crippen LogP contribution in [0.25, 0.3) is 11.0 Å². The maximum absolute atomic E-state index is 12.9. The second-order valence-corrected chi connectivity index (χ2v) is 8.76. The fraction of sp³-hybridized carbons (Fsp3) is 0.238. The molecule has 2 atom stereocenters. The molecule has 1 unspecified atom stereocenters. The summed E-state index contributed by atoms with van der Waals surface area (Å²) in [4.78, 5) is 47.4. The molecule has 13 nitrogen and oxygen atoms in total. The Hall–Kier alpha value is -4.33. The van der Waals surface area contributed by atoms with Crippen molar-refractivity contribution in [1.29, 1.82) is 0 Å². The molecule has 5 rings (SSSR count). The number of nitrogens with zero attached hydrogens (tertiary/aromatic N) is 4. The number of aliphatic carboxylic acids is 1. The zero-order chi connectivity index (χ0) is 24.7. The van der Waals surface area contributed by atoms with Crippen molar-refractivity contribution < 1.29 is 37.7 Å². The van der Waals surface area contributed by atoms with Crippen molar-refractivity contribution in [3.05, 3.63) is 54.0 Å². The van der Waals surface area contributed by atoms with Gasteiger partial charge in [0.1, 0.15) is 30.5 Å². The minimum atomic E-state index is -1.47. The molecule has 0 aromatic carbocycles. The van der Waals surface area contributed by atoms with E-state index in [9.17, 15) is 19.5 Å². The van der Waals surface area contributed by atoms with Gasteiger partial charge in [-0.1, -0.05) is 5.16 Å². The summed E-state index contributed by atoms with van der Waals surface area (Å²) in [5.41, 5.74) is 6.17. The van der Waals surface area contributed by atoms with Crippen LogP contribution in [-0.2, 0) is 25.8 Å². The molecule has 2 aliphatic heterocycles. The number of carbonyl (C=O) groups excluding carboxylic acids is 3. The van der Waals surface area contributed by atoms with Gasteiger partial charge in [-0.2, -0.15) is 9.55 Å². The van der Waals surface area contributed by atoms with E-state index in [1.165, 1.54) is 18.9 Å². The lowest BCUT2D eigenvalue weighted by Crippen LogP contribution is -2.71. The Kier molecular flexibility index (Phi) is 5.64. The molecule has 2 aliphatic rings. The minimum absolute atomic E-state index is 0.0185. The molecule has 0 bridgehead atoms. The number of fused-ring (bicyclic) bond motifs is 2. The number of furan rings is 1. The van der Waals surface area contributed by atoms with Gasteiger partial charge in [0.15, 0.2) is 24.0 Å². The SMILES string of the molecule is CON=C(C(=O)NC1C(=O)N2C(C(=O)[O-])=C(C[n+]3ccc4ccoc4c3)CS[C@@H]12)c1coc(N)n1. The lowest BCUT2D eigenvalue weighted by atomic mass is 10.0. The molecule has 3 aromatic heterocycles. The van der Waals surface area contributed by atoms with E-state index in [-0.39, 0.29) is 29.7 Å². The van der Waals surface area contributed by atoms with Crippen molar-refractivity contribution >= 4 is 52.2 Å². The molecule has 0 spiro atoms. The number of hydrogen-bond acceptors (Lipinski definition) is 11. The summed E-state index contributed by atoms with van der Waals surface area (Å²) in [5.74, 6) is -2.50. The van der Waals surface area contributed by atoms with Gasteiger partial charge >= 0.3 is 0 Å². The smallest absolute Gasteiger partial charge is 0.292 e. The van der Waals surface area contributed by atoms with Gasteiger partial charge in [0.05, 0.1) is 17.9 Å². The molecular weight excluding hydrogens is 480 g/mol. The summed E-state index contributed by atoms with van der Waals surface area (Å²) < 4.78 is 12.1. The van der Waals surface area contributed by atoms with Gasteiger partial charge in [-0.3, -0.25) is 14.5 Å². The second kappa shape index (κ2) is 8.79. The maximum Gasteiger partial charge on any atom is 0.292 e. The molecule has 3 N–H and O–H groups in total. The quantitative estimate of drug-likeness (QED) is 0.173. The van der Waals surface area contributed by atoms with Crippen molar-refractivity contribution in [3.63, 3.8) is 0 Å². The van der Waals surface area contributed by atoms with E-state index in [1.807, 2.05) is 12.1 Å². The molecule has 0 saturated carbocycles. The number of amides is 2. The summed E-state index contributed by atoms with van der Waals surface area (Å²) in [6.07, 6.45) is 6.23. The van der Waals surface area contributed by atoms with Crippen LogP contribution < -0.4 is 20.7 Å². The third-order valence-corrected chi connectivity index (χ3v) is 6.86. The number of nitrogens with one attached hydrogen (secondary N) is 1. The fourth-order valence-electron chi connectivity index (χ4n) is 3.96. The molecule has 35 heavy (non-hydrogen) atoms. The number of rotatable bonds is 7. The average molecular weight is 498 g/mol. The van der Waals surface area contributed by atoms with Crippen LogP contribution >= 0.6 is 11.8 Å². The normalized spacial score (nSPS) is 20.0. The van der Waals surface area contributed by atoms with E-state index < -0.39 is 29.2 Å². The van der Waals surface area contributed by atoms with Crippen LogP contribution in [0.5, 0.6) is 0 Å². The number of carboxylic acids is 1. The standard InChI is InChI=1S/C21H18N6O7S/c1-32-25-14(12-8-34-21(22)23-12)17(28)24-15-18(29)27-16(20(30)31)11(9-35-19(15)27)6-26-4-2-10-3-5-33-13(10)7-26/h2-5,7-8,15,19H,6,9H2,1H3,(H3-,22,23,24,28,30,31)/t15?,19-/m0/s1. The molecule has 2 amide bonds. The van der Waals surface area contributed by atoms with Crippen molar-refractivity contribution in [2.24, 2.45) is 5.16 Å². The van der Waals surface area contributed by atoms with Gasteiger partial charge in [-0.25, -0.2) is 0 Å². The topological polar surface area (TPSA) is 180 Å². The molecule has 5 heterocycles. The van der Waals surface area contributed by atoms with E-state index >= 15 is 0 Å². The number of thioether (sulfide) groups is 1. The third-order valence-electron chi connectivity index (χ3n) is 5.52. The number of oxazole rings is 1. The van der Waals surface area contributed by atoms with Gasteiger partial charge in [-0.05, 0) is 6.07 Å². The van der Waals surface area contributed by atoms with Crippen LogP contribution in [0.4, 0.5) is 6.01 Å². The highest BCUT2D eigenvalue weighted by molar-refractivity contribution is 8.00. The number of nitrogens with two attached hydrogens (primary N) is 1. The van der Waals surface area contributed by atoms with Gasteiger partial charge < -0.3 is 34.6 Å². The number of hydrogen-bond donors (Lipinski definition) is 2. The highest BCUT2D eigenvalue weighted by Crippen LogP contribution is 2.40. The Balaban J connectivity index is 1.36. The van der Waals surface area contributed by atoms with Gasteiger partial charge in [0.2, 0.25) is 6.20 Å². The predicted molar refractivity (Wildman–Crippen MR) is 118 cm³/mol. The molecule has 1 fully saturated rings. The van der Waals surface area contributed by atoms with E-state index in [0.29, 0.717) is 16.9 Å². The lowest BCUT2D eigenvalue weighted by Gasteiger charge is -2.50. The number of aromatic nitrogens is 2. The van der Waals surface area contributed by atoms with E-state index in [4.69, 9.17) is 19.4 Å². The van der Waals surface area contributed by atoms with Crippen LogP contribution in [0, 0.1) is 0 Å². The highest BCUT2D eigenvalue weighted by Gasteiger charge is 2.53. The zero-order valence-corrected chi connectivity index (χ0v) is 19.0. The van der Waals surface area contributed by atoms with E-state index in [2.05, 4.69) is 15.5 Å². The van der Waals surface area contributed by atoms with Gasteiger partial charge in [0.25, 0.3) is 17.8 Å². The Morgan fingerprint density at radius 1 is 1.43 bits per heavy atom. The largest absolute Gasteiger partial charge is 0.543 e. The Morgan fingerprint density at radius 3 is 2.97 bits per heavy atom. The highest BCUT2D eigenvalue weighted by atomic mass is 32.2. The number of anilines is 1. The minimum Gasteiger partial charge on any atom is -0.543 e. The van der Waals surface area contributed by atoms with Crippen molar-refractivity contribution in [2.45, 2.75) is 18.0 Å². The molecule has 14 heteroatoms. The summed E-state index contributed by atoms with van der Waals surface area (Å²) in [6.45, 7) is 0.221. The first-order valence-corrected chi connectivity index (χ1v) is 11.3. The lowest BCUT2D eigenvalue weighted by molar-refractivity contribution is -0.688. The molecule has 0 aliphatic carbocycles. The van der Waals surface area contributed by atoms with E-state index in [1.54, 1.807) is 23.2 Å². The maximum atomic E-state index is 12.9. The molecule has 0 radical (unpaired) electrons. The number of β-lactam (4-membered cyclic amide) rings is 1.